The van der Waals surface area contributed by atoms with Crippen LogP contribution in [0.15, 0.2) is 0 Å². The van der Waals surface area contributed by atoms with E-state index < -0.39 is 0 Å². The first kappa shape index (κ1) is 13.3. The van der Waals surface area contributed by atoms with E-state index in [1.54, 1.807) is 0 Å². The molecule has 0 aromatic heterocycles. The van der Waals surface area contributed by atoms with Crippen molar-refractivity contribution in [2.75, 3.05) is 32.8 Å². The molecule has 0 amide bonds. The molecule has 2 aliphatic rings. The molecule has 0 aromatic carbocycles. The second-order valence-corrected chi connectivity index (χ2v) is 5.99. The summed E-state index contributed by atoms with van der Waals surface area (Å²) in [7, 11) is 0. The van der Waals surface area contributed by atoms with Crippen molar-refractivity contribution in [1.82, 2.24) is 10.6 Å². The summed E-state index contributed by atoms with van der Waals surface area (Å²) in [5.41, 5.74) is 0.327. The number of rotatable bonds is 8. The highest BCUT2D eigenvalue weighted by Gasteiger charge is 2.25. The summed E-state index contributed by atoms with van der Waals surface area (Å²) in [6.45, 7) is 7.62. The highest BCUT2D eigenvalue weighted by molar-refractivity contribution is 4.88. The summed E-state index contributed by atoms with van der Waals surface area (Å²) in [4.78, 5) is 0. The molecular formula is C14H28N2O. The molecular weight excluding hydrogens is 212 g/mol. The molecule has 0 aromatic rings. The van der Waals surface area contributed by atoms with Gasteiger partial charge < -0.3 is 15.4 Å². The van der Waals surface area contributed by atoms with Crippen molar-refractivity contribution in [3.8, 4) is 0 Å². The van der Waals surface area contributed by atoms with Gasteiger partial charge in [-0.15, -0.1) is 0 Å². The van der Waals surface area contributed by atoms with Crippen LogP contribution in [0.2, 0.25) is 0 Å². The van der Waals surface area contributed by atoms with Gasteiger partial charge in [0.05, 0.1) is 0 Å². The van der Waals surface area contributed by atoms with E-state index in [1.165, 1.54) is 38.6 Å². The van der Waals surface area contributed by atoms with Crippen molar-refractivity contribution in [2.45, 2.75) is 51.0 Å². The van der Waals surface area contributed by atoms with Crippen molar-refractivity contribution in [3.63, 3.8) is 0 Å². The zero-order valence-corrected chi connectivity index (χ0v) is 11.3. The topological polar surface area (TPSA) is 33.3 Å². The molecule has 1 saturated heterocycles. The molecule has 1 atom stereocenters. The largest absolute Gasteiger partial charge is 0.381 e. The maximum atomic E-state index is 5.62. The van der Waals surface area contributed by atoms with Crippen molar-refractivity contribution in [1.29, 1.82) is 0 Å². The van der Waals surface area contributed by atoms with Crippen LogP contribution in [-0.2, 0) is 4.74 Å². The first-order valence-electron chi connectivity index (χ1n) is 7.32. The zero-order chi connectivity index (χ0) is 12.0. The molecule has 17 heavy (non-hydrogen) atoms. The molecule has 1 aliphatic carbocycles. The number of nitrogens with one attached hydrogen (secondary N) is 2. The summed E-state index contributed by atoms with van der Waals surface area (Å²) in [5, 5.41) is 7.18. The number of hydrogen-bond donors (Lipinski definition) is 2. The fraction of sp³-hybridized carbons (Fsp3) is 1.00. The van der Waals surface area contributed by atoms with Crippen LogP contribution >= 0.6 is 0 Å². The average molecular weight is 240 g/mol. The van der Waals surface area contributed by atoms with Crippen LogP contribution in [0.1, 0.15) is 45.4 Å². The minimum atomic E-state index is 0.327. The summed E-state index contributed by atoms with van der Waals surface area (Å²) in [5.74, 6) is 0.897. The van der Waals surface area contributed by atoms with Crippen LogP contribution in [0, 0.1) is 5.92 Å². The maximum absolute atomic E-state index is 5.62. The third-order valence-corrected chi connectivity index (χ3v) is 3.91. The highest BCUT2D eigenvalue weighted by atomic mass is 16.5. The Bertz CT molecular complexity index is 210. The van der Waals surface area contributed by atoms with E-state index in [0.29, 0.717) is 5.54 Å². The van der Waals surface area contributed by atoms with E-state index in [0.717, 1.165) is 38.6 Å². The van der Waals surface area contributed by atoms with Gasteiger partial charge in [0.15, 0.2) is 0 Å². The Labute approximate surface area is 106 Å². The second-order valence-electron chi connectivity index (χ2n) is 5.99. The lowest BCUT2D eigenvalue weighted by molar-refractivity contribution is 0.121. The normalized spacial score (nSPS) is 29.5. The van der Waals surface area contributed by atoms with E-state index in [-0.39, 0.29) is 0 Å². The molecule has 1 unspecified atom stereocenters. The summed E-state index contributed by atoms with van der Waals surface area (Å²) in [6.07, 6.45) is 7.94. The van der Waals surface area contributed by atoms with Gasteiger partial charge in [-0.05, 0) is 58.0 Å². The predicted molar refractivity (Wildman–Crippen MR) is 71.3 cm³/mol. The second kappa shape index (κ2) is 6.72. The van der Waals surface area contributed by atoms with Crippen molar-refractivity contribution in [2.24, 2.45) is 5.92 Å². The van der Waals surface area contributed by atoms with Crippen molar-refractivity contribution < 1.29 is 4.74 Å². The Morgan fingerprint density at radius 3 is 2.94 bits per heavy atom. The SMILES string of the molecule is CC1(CNCCCOCC2CC2)CCCCN1. The van der Waals surface area contributed by atoms with Gasteiger partial charge in [-0.1, -0.05) is 6.42 Å². The molecule has 1 heterocycles. The minimum absolute atomic E-state index is 0.327. The van der Waals surface area contributed by atoms with Gasteiger partial charge >= 0.3 is 0 Å². The predicted octanol–water partition coefficient (Wildman–Crippen LogP) is 1.92. The lowest BCUT2D eigenvalue weighted by Crippen LogP contribution is -2.52. The summed E-state index contributed by atoms with van der Waals surface area (Å²) >= 11 is 0. The van der Waals surface area contributed by atoms with Crippen LogP contribution in [-0.4, -0.2) is 38.4 Å². The quantitative estimate of drug-likeness (QED) is 0.636. The molecule has 1 aliphatic heterocycles. The first-order valence-corrected chi connectivity index (χ1v) is 7.32. The Hall–Kier alpha value is -0.120. The molecule has 3 nitrogen and oxygen atoms in total. The van der Waals surface area contributed by atoms with Gasteiger partial charge in [0.2, 0.25) is 0 Å². The van der Waals surface area contributed by atoms with Gasteiger partial charge in [-0.2, -0.15) is 0 Å². The summed E-state index contributed by atoms with van der Waals surface area (Å²) < 4.78 is 5.62. The lowest BCUT2D eigenvalue weighted by Gasteiger charge is -2.35. The van der Waals surface area contributed by atoms with E-state index in [1.807, 2.05) is 0 Å². The number of hydrogen-bond acceptors (Lipinski definition) is 3. The van der Waals surface area contributed by atoms with E-state index >= 15 is 0 Å². The van der Waals surface area contributed by atoms with Crippen molar-refractivity contribution in [3.05, 3.63) is 0 Å². The van der Waals surface area contributed by atoms with E-state index in [9.17, 15) is 0 Å². The average Bonchev–Trinajstić information content (AvgIpc) is 3.13. The fourth-order valence-corrected chi connectivity index (χ4v) is 2.47. The monoisotopic (exact) mass is 240 g/mol. The molecule has 3 heteroatoms. The first-order chi connectivity index (χ1) is 8.29. The van der Waals surface area contributed by atoms with E-state index in [2.05, 4.69) is 17.6 Å². The molecule has 0 spiro atoms. The zero-order valence-electron chi connectivity index (χ0n) is 11.3. The van der Waals surface area contributed by atoms with Gasteiger partial charge in [0, 0.05) is 25.3 Å². The number of piperidine rings is 1. The highest BCUT2D eigenvalue weighted by Crippen LogP contribution is 2.28. The Morgan fingerprint density at radius 1 is 1.35 bits per heavy atom. The summed E-state index contributed by atoms with van der Waals surface area (Å²) in [6, 6.07) is 0. The molecule has 2 fully saturated rings. The van der Waals surface area contributed by atoms with Crippen LogP contribution in [0.4, 0.5) is 0 Å². The van der Waals surface area contributed by atoms with Crippen LogP contribution < -0.4 is 10.6 Å². The molecule has 2 rings (SSSR count). The lowest BCUT2D eigenvalue weighted by atomic mass is 9.91. The van der Waals surface area contributed by atoms with Crippen LogP contribution in [0.3, 0.4) is 0 Å². The molecule has 1 saturated carbocycles. The molecule has 2 N–H and O–H groups in total. The Morgan fingerprint density at radius 2 is 2.24 bits per heavy atom. The van der Waals surface area contributed by atoms with E-state index in [4.69, 9.17) is 4.74 Å². The van der Waals surface area contributed by atoms with Gasteiger partial charge in [0.25, 0.3) is 0 Å². The minimum Gasteiger partial charge on any atom is -0.381 e. The van der Waals surface area contributed by atoms with Crippen LogP contribution in [0.5, 0.6) is 0 Å². The number of ether oxygens (including phenoxy) is 1. The Kier molecular flexibility index (Phi) is 5.26. The van der Waals surface area contributed by atoms with Gasteiger partial charge in [-0.3, -0.25) is 0 Å². The molecule has 100 valence electrons. The van der Waals surface area contributed by atoms with Gasteiger partial charge in [0.1, 0.15) is 0 Å². The molecule has 0 radical (unpaired) electrons. The van der Waals surface area contributed by atoms with Crippen molar-refractivity contribution >= 4 is 0 Å². The smallest absolute Gasteiger partial charge is 0.0494 e. The third-order valence-electron chi connectivity index (χ3n) is 3.91. The third kappa shape index (κ3) is 5.36. The van der Waals surface area contributed by atoms with Crippen LogP contribution in [0.25, 0.3) is 0 Å². The molecule has 0 bridgehead atoms. The van der Waals surface area contributed by atoms with Gasteiger partial charge in [-0.25, -0.2) is 0 Å². The fourth-order valence-electron chi connectivity index (χ4n) is 2.47. The standard InChI is InChI=1S/C14H28N2O/c1-14(7-2-3-9-16-14)12-15-8-4-10-17-11-13-5-6-13/h13,15-16H,2-12H2,1H3. The maximum Gasteiger partial charge on any atom is 0.0494 e. The Balaban J connectivity index is 1.41.